The molecule has 1 heterocycles. The minimum absolute atomic E-state index is 0.00554. The van der Waals surface area contributed by atoms with Crippen LogP contribution in [0.25, 0.3) is 0 Å². The Labute approximate surface area is 112 Å². The lowest BCUT2D eigenvalue weighted by atomic mass is 10.3. The zero-order valence-electron chi connectivity index (χ0n) is 11.1. The Morgan fingerprint density at radius 2 is 2.33 bits per heavy atom. The lowest BCUT2D eigenvalue weighted by molar-refractivity contribution is 0.0963. The largest absolute Gasteiger partial charge is 0.462 e. The predicted octanol–water partition coefficient (Wildman–Crippen LogP) is 3.06. The Hall–Kier alpha value is -1.36. The van der Waals surface area contributed by atoms with Gasteiger partial charge < -0.3 is 4.74 Å². The van der Waals surface area contributed by atoms with Gasteiger partial charge in [0.25, 0.3) is 11.9 Å². The van der Waals surface area contributed by atoms with Crippen LogP contribution in [0.1, 0.15) is 43.3 Å². The number of hydrogen-bond acceptors (Lipinski definition) is 4. The van der Waals surface area contributed by atoms with Crippen molar-refractivity contribution in [2.45, 2.75) is 39.7 Å². The molecule has 0 fully saturated rings. The molecule has 0 saturated carbocycles. The first-order valence-electron chi connectivity index (χ1n) is 6.19. The minimum atomic E-state index is -0.166. The van der Waals surface area contributed by atoms with Gasteiger partial charge in [-0.05, 0) is 31.7 Å². The van der Waals surface area contributed by atoms with Crippen molar-refractivity contribution in [3.05, 3.63) is 22.4 Å². The summed E-state index contributed by atoms with van der Waals surface area (Å²) in [4.78, 5) is 16.8. The van der Waals surface area contributed by atoms with Crippen molar-refractivity contribution in [3.63, 3.8) is 0 Å². The van der Waals surface area contributed by atoms with Crippen LogP contribution in [0.5, 0.6) is 0 Å². The summed E-state index contributed by atoms with van der Waals surface area (Å²) in [6.45, 7) is 6.59. The van der Waals surface area contributed by atoms with Crippen molar-refractivity contribution in [1.82, 2.24) is 5.32 Å². The normalized spacial score (nSPS) is 11.7. The highest BCUT2D eigenvalue weighted by Crippen LogP contribution is 2.08. The maximum Gasteiger partial charge on any atom is 0.291 e. The van der Waals surface area contributed by atoms with Gasteiger partial charge in [0.1, 0.15) is 0 Å². The molecule has 1 amide bonds. The monoisotopic (exact) mass is 268 g/mol. The summed E-state index contributed by atoms with van der Waals surface area (Å²) in [7, 11) is 0. The Bertz CT molecular complexity index is 386. The maximum absolute atomic E-state index is 11.9. The van der Waals surface area contributed by atoms with Gasteiger partial charge in [-0.3, -0.25) is 10.1 Å². The van der Waals surface area contributed by atoms with Crippen LogP contribution in [-0.4, -0.2) is 24.6 Å². The van der Waals surface area contributed by atoms with Crippen LogP contribution in [0.2, 0.25) is 0 Å². The molecule has 0 atom stereocenters. The van der Waals surface area contributed by atoms with Crippen molar-refractivity contribution >= 4 is 23.3 Å². The first-order chi connectivity index (χ1) is 8.63. The molecular formula is C13H20N2O2S. The summed E-state index contributed by atoms with van der Waals surface area (Å²) in [5.41, 5.74) is 0. The number of hydrogen-bond donors (Lipinski definition) is 1. The molecule has 1 aromatic rings. The van der Waals surface area contributed by atoms with Crippen molar-refractivity contribution in [3.8, 4) is 0 Å². The third-order valence-electron chi connectivity index (χ3n) is 2.08. The van der Waals surface area contributed by atoms with E-state index in [1.807, 2.05) is 25.3 Å². The molecule has 0 aliphatic heterocycles. The number of amidine groups is 1. The highest BCUT2D eigenvalue weighted by atomic mass is 32.1. The number of carbonyl (C=O) groups is 1. The van der Waals surface area contributed by atoms with E-state index in [2.05, 4.69) is 17.2 Å². The fourth-order valence-corrected chi connectivity index (χ4v) is 1.85. The molecule has 1 N–H and O–H groups in total. The number of unbranched alkanes of at least 4 members (excludes halogenated alkanes) is 1. The average molecular weight is 268 g/mol. The van der Waals surface area contributed by atoms with Crippen LogP contribution in [0.15, 0.2) is 22.5 Å². The predicted molar refractivity (Wildman–Crippen MR) is 75.2 cm³/mol. The molecule has 0 aliphatic rings. The van der Waals surface area contributed by atoms with E-state index in [1.165, 1.54) is 11.3 Å². The second kappa shape index (κ2) is 7.87. The van der Waals surface area contributed by atoms with Crippen molar-refractivity contribution in [2.24, 2.45) is 4.99 Å². The van der Waals surface area contributed by atoms with Gasteiger partial charge in [-0.1, -0.05) is 19.4 Å². The van der Waals surface area contributed by atoms with E-state index < -0.39 is 0 Å². The van der Waals surface area contributed by atoms with E-state index in [-0.39, 0.29) is 12.0 Å². The number of amides is 1. The van der Waals surface area contributed by atoms with Gasteiger partial charge >= 0.3 is 0 Å². The van der Waals surface area contributed by atoms with Crippen LogP contribution < -0.4 is 5.32 Å². The maximum atomic E-state index is 11.9. The lowest BCUT2D eigenvalue weighted by Crippen LogP contribution is -2.34. The molecule has 18 heavy (non-hydrogen) atoms. The Morgan fingerprint density at radius 3 is 2.89 bits per heavy atom. The smallest absolute Gasteiger partial charge is 0.291 e. The number of ether oxygens (including phenoxy) is 1. The number of nitrogens with zero attached hydrogens (tertiary/aromatic N) is 1. The Balaban J connectivity index is 2.60. The molecule has 0 radical (unpaired) electrons. The molecule has 1 rings (SSSR count). The highest BCUT2D eigenvalue weighted by molar-refractivity contribution is 7.12. The molecule has 0 unspecified atom stereocenters. The second-order valence-electron chi connectivity index (χ2n) is 4.14. The summed E-state index contributed by atoms with van der Waals surface area (Å²) in [6, 6.07) is 3.94. The Morgan fingerprint density at radius 1 is 1.56 bits per heavy atom. The number of nitrogens with one attached hydrogen (secondary N) is 1. The average Bonchev–Trinajstić information content (AvgIpc) is 2.81. The van der Waals surface area contributed by atoms with Gasteiger partial charge in [-0.15, -0.1) is 11.3 Å². The van der Waals surface area contributed by atoms with Crippen LogP contribution in [0.4, 0.5) is 0 Å². The molecule has 0 aromatic carbocycles. The number of rotatable bonds is 5. The van der Waals surface area contributed by atoms with Crippen LogP contribution in [0, 0.1) is 0 Å². The zero-order valence-corrected chi connectivity index (χ0v) is 11.9. The quantitative estimate of drug-likeness (QED) is 0.507. The second-order valence-corrected chi connectivity index (χ2v) is 5.09. The molecule has 0 saturated heterocycles. The fraction of sp³-hybridized carbons (Fsp3) is 0.538. The van der Waals surface area contributed by atoms with Crippen molar-refractivity contribution in [1.29, 1.82) is 0 Å². The molecule has 0 bridgehead atoms. The van der Waals surface area contributed by atoms with Gasteiger partial charge in [0.05, 0.1) is 11.0 Å². The van der Waals surface area contributed by atoms with E-state index in [0.29, 0.717) is 17.4 Å². The minimum Gasteiger partial charge on any atom is -0.462 e. The topological polar surface area (TPSA) is 50.7 Å². The molecule has 0 aliphatic carbocycles. The van der Waals surface area contributed by atoms with Crippen LogP contribution in [0.3, 0.4) is 0 Å². The van der Waals surface area contributed by atoms with Gasteiger partial charge in [0, 0.05) is 6.54 Å². The zero-order chi connectivity index (χ0) is 13.4. The number of aliphatic imine (C=N–C) groups is 1. The van der Waals surface area contributed by atoms with E-state index in [1.54, 1.807) is 6.07 Å². The first-order valence-corrected chi connectivity index (χ1v) is 7.07. The van der Waals surface area contributed by atoms with Gasteiger partial charge in [-0.2, -0.15) is 0 Å². The molecule has 100 valence electrons. The van der Waals surface area contributed by atoms with Crippen LogP contribution in [-0.2, 0) is 4.74 Å². The van der Waals surface area contributed by atoms with Gasteiger partial charge in [-0.25, -0.2) is 4.99 Å². The van der Waals surface area contributed by atoms with Gasteiger partial charge in [0.15, 0.2) is 0 Å². The highest BCUT2D eigenvalue weighted by Gasteiger charge is 2.11. The summed E-state index contributed by atoms with van der Waals surface area (Å²) >= 11 is 1.40. The van der Waals surface area contributed by atoms with E-state index in [9.17, 15) is 4.79 Å². The van der Waals surface area contributed by atoms with E-state index in [4.69, 9.17) is 4.74 Å². The van der Waals surface area contributed by atoms with Crippen molar-refractivity contribution in [2.75, 3.05) is 6.54 Å². The summed E-state index contributed by atoms with van der Waals surface area (Å²) in [5.74, 6) is -0.166. The SMILES string of the molecule is CCCCN=C(NC(=O)c1cccs1)OC(C)C. The third-order valence-corrected chi connectivity index (χ3v) is 2.95. The molecule has 5 heteroatoms. The van der Waals surface area contributed by atoms with E-state index in [0.717, 1.165) is 12.8 Å². The summed E-state index contributed by atoms with van der Waals surface area (Å²) in [6.07, 6.45) is 2.05. The van der Waals surface area contributed by atoms with Crippen LogP contribution >= 0.6 is 11.3 Å². The molecule has 0 spiro atoms. The van der Waals surface area contributed by atoms with Gasteiger partial charge in [0.2, 0.25) is 0 Å². The lowest BCUT2D eigenvalue weighted by Gasteiger charge is -2.12. The fourth-order valence-electron chi connectivity index (χ4n) is 1.23. The standard InChI is InChI=1S/C13H20N2O2S/c1-4-5-8-14-13(17-10(2)3)15-12(16)11-7-6-9-18-11/h6-7,9-10H,4-5,8H2,1-3H3,(H,14,15,16). The number of thiophene rings is 1. The third kappa shape index (κ3) is 5.31. The summed E-state index contributed by atoms with van der Waals surface area (Å²) in [5, 5.41) is 4.58. The molecular weight excluding hydrogens is 248 g/mol. The summed E-state index contributed by atoms with van der Waals surface area (Å²) < 4.78 is 5.49. The number of carbonyl (C=O) groups excluding carboxylic acids is 1. The Kier molecular flexibility index (Phi) is 6.43. The van der Waals surface area contributed by atoms with Crippen molar-refractivity contribution < 1.29 is 9.53 Å². The first kappa shape index (κ1) is 14.7. The van der Waals surface area contributed by atoms with E-state index >= 15 is 0 Å². The molecule has 4 nitrogen and oxygen atoms in total. The molecule has 1 aromatic heterocycles.